The normalized spacial score (nSPS) is 22.9. The third-order valence-corrected chi connectivity index (χ3v) is 4.39. The second-order valence-corrected chi connectivity index (χ2v) is 7.39. The molecule has 2 aliphatic rings. The molecule has 2 rings (SSSR count). The van der Waals surface area contributed by atoms with E-state index in [9.17, 15) is 14.4 Å². The van der Waals surface area contributed by atoms with Gasteiger partial charge in [-0.3, -0.25) is 14.5 Å². The Bertz CT molecular complexity index is 511. The first-order chi connectivity index (χ1) is 11.1. The summed E-state index contributed by atoms with van der Waals surface area (Å²) in [6.45, 7) is 9.74. The van der Waals surface area contributed by atoms with Crippen molar-refractivity contribution in [2.75, 3.05) is 32.7 Å². The van der Waals surface area contributed by atoms with Gasteiger partial charge >= 0.3 is 6.09 Å². The van der Waals surface area contributed by atoms with Gasteiger partial charge in [-0.05, 0) is 20.8 Å². The lowest BCUT2D eigenvalue weighted by molar-refractivity contribution is -0.142. The number of carbonyl (C=O) groups is 3. The van der Waals surface area contributed by atoms with Crippen molar-refractivity contribution in [2.24, 2.45) is 5.73 Å². The molecule has 0 spiro atoms. The molecule has 8 heteroatoms. The van der Waals surface area contributed by atoms with Crippen LogP contribution in [0.4, 0.5) is 4.79 Å². The van der Waals surface area contributed by atoms with E-state index in [0.29, 0.717) is 32.6 Å². The first-order valence-corrected chi connectivity index (χ1v) is 8.43. The summed E-state index contributed by atoms with van der Waals surface area (Å²) in [6, 6.07) is -0.422. The van der Waals surface area contributed by atoms with Crippen LogP contribution < -0.4 is 5.73 Å². The summed E-state index contributed by atoms with van der Waals surface area (Å²) in [5.41, 5.74) is 4.97. The molecule has 2 fully saturated rings. The molecule has 3 amide bonds. The van der Waals surface area contributed by atoms with Gasteiger partial charge in [0.25, 0.3) is 0 Å². The number of carbonyl (C=O) groups excluding carboxylic acids is 3. The van der Waals surface area contributed by atoms with E-state index in [1.54, 1.807) is 25.7 Å². The van der Waals surface area contributed by atoms with E-state index in [-0.39, 0.29) is 18.5 Å². The molecule has 1 atom stereocenters. The number of primary amides is 1. The topological polar surface area (TPSA) is 96.2 Å². The predicted molar refractivity (Wildman–Crippen MR) is 88.2 cm³/mol. The summed E-state index contributed by atoms with van der Waals surface area (Å²) in [4.78, 5) is 41.0. The van der Waals surface area contributed by atoms with Crippen LogP contribution in [0.1, 0.15) is 34.1 Å². The number of nitrogens with zero attached hydrogens (tertiary/aromatic N) is 3. The molecule has 0 bridgehead atoms. The number of piperazine rings is 1. The summed E-state index contributed by atoms with van der Waals surface area (Å²) >= 11 is 0. The Hall–Kier alpha value is -1.83. The zero-order valence-corrected chi connectivity index (χ0v) is 14.9. The molecule has 0 aromatic heterocycles. The minimum Gasteiger partial charge on any atom is -0.444 e. The van der Waals surface area contributed by atoms with Crippen molar-refractivity contribution >= 4 is 17.9 Å². The number of amides is 3. The largest absolute Gasteiger partial charge is 0.444 e. The Labute approximate surface area is 142 Å². The second kappa shape index (κ2) is 6.96. The van der Waals surface area contributed by atoms with Crippen LogP contribution in [0.15, 0.2) is 0 Å². The molecule has 2 N–H and O–H groups in total. The summed E-state index contributed by atoms with van der Waals surface area (Å²) < 4.78 is 5.37. The minimum atomic E-state index is -0.578. The number of rotatable bonds is 3. The minimum absolute atomic E-state index is 0.120. The van der Waals surface area contributed by atoms with Gasteiger partial charge in [0, 0.05) is 45.2 Å². The molecule has 0 saturated carbocycles. The van der Waals surface area contributed by atoms with Gasteiger partial charge in [-0.1, -0.05) is 6.92 Å². The molecule has 2 heterocycles. The fourth-order valence-electron chi connectivity index (χ4n) is 3.07. The van der Waals surface area contributed by atoms with Crippen LogP contribution in [0.25, 0.3) is 0 Å². The van der Waals surface area contributed by atoms with Crippen molar-refractivity contribution in [3.8, 4) is 0 Å². The lowest BCUT2D eigenvalue weighted by atomic mass is 10.0. The van der Waals surface area contributed by atoms with Gasteiger partial charge in [-0.15, -0.1) is 0 Å². The molecule has 0 aliphatic carbocycles. The second-order valence-electron chi connectivity index (χ2n) is 7.39. The van der Waals surface area contributed by atoms with E-state index in [4.69, 9.17) is 10.5 Å². The lowest BCUT2D eigenvalue weighted by Crippen LogP contribution is -2.69. The summed E-state index contributed by atoms with van der Waals surface area (Å²) in [5, 5.41) is 0. The van der Waals surface area contributed by atoms with Crippen LogP contribution in [0.5, 0.6) is 0 Å². The van der Waals surface area contributed by atoms with Crippen LogP contribution >= 0.6 is 0 Å². The number of ether oxygens (including phenoxy) is 1. The van der Waals surface area contributed by atoms with E-state index < -0.39 is 23.6 Å². The first kappa shape index (κ1) is 18.5. The molecule has 8 nitrogen and oxygen atoms in total. The van der Waals surface area contributed by atoms with Crippen molar-refractivity contribution in [3.05, 3.63) is 0 Å². The fourth-order valence-corrected chi connectivity index (χ4v) is 3.07. The van der Waals surface area contributed by atoms with Crippen molar-refractivity contribution in [3.63, 3.8) is 0 Å². The highest BCUT2D eigenvalue weighted by atomic mass is 16.6. The maximum Gasteiger partial charge on any atom is 0.410 e. The molecule has 2 aliphatic heterocycles. The number of nitrogens with two attached hydrogens (primary N) is 1. The van der Waals surface area contributed by atoms with Crippen LogP contribution in [-0.2, 0) is 14.3 Å². The average molecular weight is 340 g/mol. The Morgan fingerprint density at radius 2 is 1.71 bits per heavy atom. The molecule has 0 aromatic carbocycles. The Morgan fingerprint density at radius 3 is 2.21 bits per heavy atom. The molecule has 1 unspecified atom stereocenters. The summed E-state index contributed by atoms with van der Waals surface area (Å²) in [5.74, 6) is -0.335. The maximum atomic E-state index is 12.2. The first-order valence-electron chi connectivity index (χ1n) is 8.43. The summed E-state index contributed by atoms with van der Waals surface area (Å²) in [6.07, 6.45) is 0.0584. The number of hydrogen-bond donors (Lipinski definition) is 1. The number of likely N-dealkylation sites (tertiary alicyclic amines) is 1. The molecule has 136 valence electrons. The highest BCUT2D eigenvalue weighted by Gasteiger charge is 2.42. The van der Waals surface area contributed by atoms with Gasteiger partial charge in [-0.2, -0.15) is 0 Å². The zero-order valence-electron chi connectivity index (χ0n) is 14.9. The smallest absolute Gasteiger partial charge is 0.410 e. The third-order valence-electron chi connectivity index (χ3n) is 4.39. The predicted octanol–water partition coefficient (Wildman–Crippen LogP) is 0.0138. The van der Waals surface area contributed by atoms with Gasteiger partial charge in [-0.25, -0.2) is 4.79 Å². The third kappa shape index (κ3) is 4.17. The molecule has 2 saturated heterocycles. The van der Waals surface area contributed by atoms with Gasteiger partial charge in [0.15, 0.2) is 0 Å². The average Bonchev–Trinajstić information content (AvgIpc) is 2.43. The SMILES string of the molecule is CCC(=O)N1CC(N2CCN(C(=O)OC(C)(C)C)CC2C(N)=O)C1. The monoisotopic (exact) mass is 340 g/mol. The van der Waals surface area contributed by atoms with Crippen molar-refractivity contribution in [2.45, 2.75) is 51.8 Å². The molecular weight excluding hydrogens is 312 g/mol. The van der Waals surface area contributed by atoms with Crippen LogP contribution in [-0.4, -0.2) is 83.0 Å². The van der Waals surface area contributed by atoms with E-state index in [1.165, 1.54) is 4.90 Å². The van der Waals surface area contributed by atoms with E-state index in [1.807, 2.05) is 11.8 Å². The molecule has 0 radical (unpaired) electrons. The van der Waals surface area contributed by atoms with Crippen LogP contribution in [0, 0.1) is 0 Å². The van der Waals surface area contributed by atoms with Gasteiger partial charge in [0.1, 0.15) is 11.6 Å². The van der Waals surface area contributed by atoms with E-state index in [2.05, 4.69) is 0 Å². The van der Waals surface area contributed by atoms with Crippen molar-refractivity contribution in [1.82, 2.24) is 14.7 Å². The lowest BCUT2D eigenvalue weighted by Gasteiger charge is -2.50. The Kier molecular flexibility index (Phi) is 5.37. The standard InChI is InChI=1S/C16H28N4O4/c1-5-13(21)19-8-11(9-19)20-7-6-18(10-12(20)14(17)22)15(23)24-16(2,3)4/h11-12H,5-10H2,1-4H3,(H2,17,22). The van der Waals surface area contributed by atoms with Crippen LogP contribution in [0.2, 0.25) is 0 Å². The van der Waals surface area contributed by atoms with Crippen LogP contribution in [0.3, 0.4) is 0 Å². The molecular formula is C16H28N4O4. The van der Waals surface area contributed by atoms with Gasteiger partial charge in [0.05, 0.1) is 0 Å². The van der Waals surface area contributed by atoms with Gasteiger partial charge < -0.3 is 20.3 Å². The molecule has 24 heavy (non-hydrogen) atoms. The maximum absolute atomic E-state index is 12.2. The van der Waals surface area contributed by atoms with E-state index in [0.717, 1.165) is 0 Å². The van der Waals surface area contributed by atoms with Crippen molar-refractivity contribution < 1.29 is 19.1 Å². The Balaban J connectivity index is 1.96. The van der Waals surface area contributed by atoms with E-state index >= 15 is 0 Å². The quantitative estimate of drug-likeness (QED) is 0.781. The highest BCUT2D eigenvalue weighted by Crippen LogP contribution is 2.22. The Morgan fingerprint density at radius 1 is 1.08 bits per heavy atom. The highest BCUT2D eigenvalue weighted by molar-refractivity contribution is 5.81. The van der Waals surface area contributed by atoms with Gasteiger partial charge in [0.2, 0.25) is 11.8 Å². The zero-order chi connectivity index (χ0) is 18.1. The molecule has 0 aromatic rings. The van der Waals surface area contributed by atoms with Crippen molar-refractivity contribution in [1.29, 1.82) is 0 Å². The number of hydrogen-bond acceptors (Lipinski definition) is 5. The summed E-state index contributed by atoms with van der Waals surface area (Å²) in [7, 11) is 0. The fraction of sp³-hybridized carbons (Fsp3) is 0.812.